The highest BCUT2D eigenvalue weighted by molar-refractivity contribution is 5.99. The Bertz CT molecular complexity index is 459. The van der Waals surface area contributed by atoms with Crippen molar-refractivity contribution in [1.29, 1.82) is 0 Å². The number of nitrogens with one attached hydrogen (secondary N) is 1. The lowest BCUT2D eigenvalue weighted by atomic mass is 10.1. The maximum Gasteiger partial charge on any atom is 0.255 e. The van der Waals surface area contributed by atoms with Crippen LogP contribution in [-0.4, -0.2) is 44.2 Å². The third-order valence-corrected chi connectivity index (χ3v) is 3.02. The number of amides is 1. The zero-order valence-corrected chi connectivity index (χ0v) is 13.5. The second-order valence-electron chi connectivity index (χ2n) is 5.56. The molecule has 118 valence electrons. The van der Waals surface area contributed by atoms with Crippen molar-refractivity contribution >= 4 is 17.3 Å². The average Bonchev–Trinajstić information content (AvgIpc) is 2.41. The topological polar surface area (TPSA) is 67.6 Å². The second-order valence-corrected chi connectivity index (χ2v) is 5.56. The van der Waals surface area contributed by atoms with Gasteiger partial charge >= 0.3 is 0 Å². The Hall–Kier alpha value is -1.75. The van der Waals surface area contributed by atoms with Crippen molar-refractivity contribution in [2.45, 2.75) is 32.8 Å². The van der Waals surface area contributed by atoms with E-state index in [1.807, 2.05) is 13.8 Å². The number of carbonyl (C=O) groups is 1. The monoisotopic (exact) mass is 293 g/mol. The van der Waals surface area contributed by atoms with E-state index in [1.54, 1.807) is 37.2 Å². The van der Waals surface area contributed by atoms with Gasteiger partial charge in [-0.15, -0.1) is 0 Å². The number of nitrogens with two attached hydrogens (primary N) is 1. The lowest BCUT2D eigenvalue weighted by molar-refractivity contribution is 0.0764. The quantitative estimate of drug-likeness (QED) is 0.571. The summed E-state index contributed by atoms with van der Waals surface area (Å²) in [6.07, 6.45) is 2.25. The molecule has 0 spiro atoms. The molecule has 0 aliphatic heterocycles. The Morgan fingerprint density at radius 2 is 2.05 bits per heavy atom. The SMILES string of the molecule is CC(C)OCCCCNc1cc(N)ccc1C(=O)N(C)C. The van der Waals surface area contributed by atoms with Gasteiger partial charge < -0.3 is 20.7 Å². The number of nitrogens with zero attached hydrogens (tertiary/aromatic N) is 1. The van der Waals surface area contributed by atoms with Crippen LogP contribution in [0.15, 0.2) is 18.2 Å². The standard InChI is InChI=1S/C16H27N3O2/c1-12(2)21-10-6-5-9-18-15-11-13(17)7-8-14(15)16(20)19(3)4/h7-8,11-12,18H,5-6,9-10,17H2,1-4H3. The van der Waals surface area contributed by atoms with E-state index in [0.717, 1.165) is 31.7 Å². The van der Waals surface area contributed by atoms with Crippen LogP contribution in [0.5, 0.6) is 0 Å². The van der Waals surface area contributed by atoms with Crippen molar-refractivity contribution in [3.63, 3.8) is 0 Å². The molecule has 5 heteroatoms. The summed E-state index contributed by atoms with van der Waals surface area (Å²) in [5.74, 6) is -0.0272. The number of anilines is 2. The molecule has 0 bridgehead atoms. The number of benzene rings is 1. The predicted molar refractivity (Wildman–Crippen MR) is 87.7 cm³/mol. The van der Waals surface area contributed by atoms with Crippen LogP contribution in [0.1, 0.15) is 37.0 Å². The van der Waals surface area contributed by atoms with Gasteiger partial charge in [-0.25, -0.2) is 0 Å². The van der Waals surface area contributed by atoms with E-state index in [1.165, 1.54) is 0 Å². The molecule has 3 N–H and O–H groups in total. The summed E-state index contributed by atoms with van der Waals surface area (Å²) in [5.41, 5.74) is 7.89. The first-order chi connectivity index (χ1) is 9.91. The van der Waals surface area contributed by atoms with Gasteiger partial charge in [-0.05, 0) is 44.9 Å². The summed E-state index contributed by atoms with van der Waals surface area (Å²) in [4.78, 5) is 13.7. The van der Waals surface area contributed by atoms with Crippen LogP contribution in [0.25, 0.3) is 0 Å². The van der Waals surface area contributed by atoms with Crippen LogP contribution >= 0.6 is 0 Å². The van der Waals surface area contributed by atoms with Crippen LogP contribution in [0.2, 0.25) is 0 Å². The Kier molecular flexibility index (Phi) is 7.02. The third kappa shape index (κ3) is 6.04. The van der Waals surface area contributed by atoms with Gasteiger partial charge in [0.15, 0.2) is 0 Å². The van der Waals surface area contributed by atoms with Gasteiger partial charge in [0.05, 0.1) is 11.7 Å². The van der Waals surface area contributed by atoms with Crippen molar-refractivity contribution in [3.05, 3.63) is 23.8 Å². The van der Waals surface area contributed by atoms with Gasteiger partial charge in [0.25, 0.3) is 5.91 Å². The van der Waals surface area contributed by atoms with E-state index in [9.17, 15) is 4.79 Å². The molecule has 0 aliphatic carbocycles. The van der Waals surface area contributed by atoms with Crippen molar-refractivity contribution in [1.82, 2.24) is 4.90 Å². The molecular formula is C16H27N3O2. The minimum atomic E-state index is -0.0272. The highest BCUT2D eigenvalue weighted by Gasteiger charge is 2.13. The van der Waals surface area contributed by atoms with Gasteiger partial charge in [0, 0.05) is 38.6 Å². The zero-order valence-electron chi connectivity index (χ0n) is 13.5. The first kappa shape index (κ1) is 17.3. The van der Waals surface area contributed by atoms with Crippen molar-refractivity contribution in [2.75, 3.05) is 38.3 Å². The van der Waals surface area contributed by atoms with E-state index in [-0.39, 0.29) is 12.0 Å². The molecule has 0 radical (unpaired) electrons. The second kappa shape index (κ2) is 8.52. The smallest absolute Gasteiger partial charge is 0.255 e. The first-order valence-electron chi connectivity index (χ1n) is 7.38. The van der Waals surface area contributed by atoms with E-state index < -0.39 is 0 Å². The molecule has 0 aromatic heterocycles. The fraction of sp³-hybridized carbons (Fsp3) is 0.562. The number of nitrogen functional groups attached to an aromatic ring is 1. The number of unbranched alkanes of at least 4 members (excludes halogenated alkanes) is 1. The molecule has 0 unspecified atom stereocenters. The van der Waals surface area contributed by atoms with E-state index >= 15 is 0 Å². The van der Waals surface area contributed by atoms with Crippen LogP contribution in [0.4, 0.5) is 11.4 Å². The van der Waals surface area contributed by atoms with Crippen molar-refractivity contribution in [3.8, 4) is 0 Å². The van der Waals surface area contributed by atoms with E-state index in [4.69, 9.17) is 10.5 Å². The lowest BCUT2D eigenvalue weighted by Gasteiger charge is -2.16. The average molecular weight is 293 g/mol. The van der Waals surface area contributed by atoms with E-state index in [0.29, 0.717) is 11.3 Å². The summed E-state index contributed by atoms with van der Waals surface area (Å²) in [7, 11) is 3.48. The summed E-state index contributed by atoms with van der Waals surface area (Å²) < 4.78 is 5.50. The maximum atomic E-state index is 12.1. The molecule has 1 amide bonds. The minimum Gasteiger partial charge on any atom is -0.399 e. The lowest BCUT2D eigenvalue weighted by Crippen LogP contribution is -2.23. The van der Waals surface area contributed by atoms with Gasteiger partial charge in [-0.3, -0.25) is 4.79 Å². The molecule has 1 aromatic carbocycles. The van der Waals surface area contributed by atoms with Crippen LogP contribution in [-0.2, 0) is 4.74 Å². The maximum absolute atomic E-state index is 12.1. The normalized spacial score (nSPS) is 10.7. The molecule has 1 rings (SSSR count). The van der Waals surface area contributed by atoms with E-state index in [2.05, 4.69) is 5.32 Å². The molecular weight excluding hydrogens is 266 g/mol. The summed E-state index contributed by atoms with van der Waals surface area (Å²) in [6.45, 7) is 5.62. The number of ether oxygens (including phenoxy) is 1. The highest BCUT2D eigenvalue weighted by atomic mass is 16.5. The van der Waals surface area contributed by atoms with Crippen molar-refractivity contribution < 1.29 is 9.53 Å². The predicted octanol–water partition coefficient (Wildman–Crippen LogP) is 2.59. The molecule has 0 atom stereocenters. The van der Waals surface area contributed by atoms with Gasteiger partial charge in [-0.1, -0.05) is 0 Å². The summed E-state index contributed by atoms with van der Waals surface area (Å²) in [5, 5.41) is 3.29. The molecule has 21 heavy (non-hydrogen) atoms. The minimum absolute atomic E-state index is 0.0272. The molecule has 1 aromatic rings. The molecule has 5 nitrogen and oxygen atoms in total. The zero-order chi connectivity index (χ0) is 15.8. The fourth-order valence-electron chi connectivity index (χ4n) is 1.90. The Morgan fingerprint density at radius 3 is 2.67 bits per heavy atom. The molecule has 0 saturated carbocycles. The summed E-state index contributed by atoms with van der Waals surface area (Å²) in [6, 6.07) is 5.32. The third-order valence-electron chi connectivity index (χ3n) is 3.02. The Balaban J connectivity index is 2.53. The first-order valence-corrected chi connectivity index (χ1v) is 7.38. The molecule has 0 heterocycles. The number of hydrogen-bond donors (Lipinski definition) is 2. The van der Waals surface area contributed by atoms with Crippen LogP contribution < -0.4 is 11.1 Å². The highest BCUT2D eigenvalue weighted by Crippen LogP contribution is 2.20. The number of carbonyl (C=O) groups excluding carboxylic acids is 1. The number of rotatable bonds is 8. The molecule has 0 aliphatic rings. The summed E-state index contributed by atoms with van der Waals surface area (Å²) >= 11 is 0. The van der Waals surface area contributed by atoms with Crippen LogP contribution in [0.3, 0.4) is 0 Å². The molecule has 0 fully saturated rings. The Labute approximate surface area is 127 Å². The van der Waals surface area contributed by atoms with Crippen LogP contribution in [0, 0.1) is 0 Å². The van der Waals surface area contributed by atoms with Gasteiger partial charge in [0.1, 0.15) is 0 Å². The van der Waals surface area contributed by atoms with Gasteiger partial charge in [0.2, 0.25) is 0 Å². The number of hydrogen-bond acceptors (Lipinski definition) is 4. The fourth-order valence-corrected chi connectivity index (χ4v) is 1.90. The molecule has 0 saturated heterocycles. The Morgan fingerprint density at radius 1 is 1.33 bits per heavy atom. The van der Waals surface area contributed by atoms with Gasteiger partial charge in [-0.2, -0.15) is 0 Å². The van der Waals surface area contributed by atoms with Crippen molar-refractivity contribution in [2.24, 2.45) is 0 Å². The largest absolute Gasteiger partial charge is 0.399 e.